The van der Waals surface area contributed by atoms with Gasteiger partial charge in [-0.15, -0.1) is 0 Å². The van der Waals surface area contributed by atoms with E-state index in [4.69, 9.17) is 4.74 Å². The molecule has 1 N–H and O–H groups in total. The van der Waals surface area contributed by atoms with Gasteiger partial charge in [0.2, 0.25) is 0 Å². The molecule has 29 heavy (non-hydrogen) atoms. The average Bonchev–Trinajstić information content (AvgIpc) is 2.71. The number of rotatable bonds is 8. The van der Waals surface area contributed by atoms with Crippen molar-refractivity contribution in [1.29, 1.82) is 0 Å². The van der Waals surface area contributed by atoms with Gasteiger partial charge in [0.15, 0.2) is 0 Å². The molecule has 0 atom stereocenters. The number of hydrogen-bond acceptors (Lipinski definition) is 5. The molecule has 9 heteroatoms. The van der Waals surface area contributed by atoms with Crippen LogP contribution in [0.25, 0.3) is 0 Å². The summed E-state index contributed by atoms with van der Waals surface area (Å²) in [6.07, 6.45) is 0. The number of carbonyl (C=O) groups is 1. The summed E-state index contributed by atoms with van der Waals surface area (Å²) in [5.41, 5.74) is 0.127. The first-order chi connectivity index (χ1) is 14.0. The van der Waals surface area contributed by atoms with Gasteiger partial charge in [0.25, 0.3) is 17.2 Å². The summed E-state index contributed by atoms with van der Waals surface area (Å²) in [5.74, 6) is -2.36. The van der Waals surface area contributed by atoms with Gasteiger partial charge in [-0.1, -0.05) is 30.0 Å². The Bertz CT molecular complexity index is 1010. The number of alkyl halides is 2. The number of benzene rings is 2. The lowest BCUT2D eigenvalue weighted by atomic mass is 10.3. The molecule has 1 heterocycles. The van der Waals surface area contributed by atoms with Crippen LogP contribution in [0.4, 0.5) is 14.5 Å². The molecule has 0 spiro atoms. The number of amides is 1. The lowest BCUT2D eigenvalue weighted by Crippen LogP contribution is -2.28. The zero-order valence-corrected chi connectivity index (χ0v) is 15.9. The van der Waals surface area contributed by atoms with Crippen molar-refractivity contribution in [2.75, 3.05) is 11.9 Å². The van der Waals surface area contributed by atoms with Gasteiger partial charge in [-0.25, -0.2) is 4.68 Å². The van der Waals surface area contributed by atoms with E-state index in [-0.39, 0.29) is 24.4 Å². The molecule has 0 aliphatic heterocycles. The Morgan fingerprint density at radius 1 is 1.07 bits per heavy atom. The van der Waals surface area contributed by atoms with Gasteiger partial charge in [-0.05, 0) is 42.5 Å². The summed E-state index contributed by atoms with van der Waals surface area (Å²) >= 11 is 0.424. The second-order valence-corrected chi connectivity index (χ2v) is 6.86. The number of carbonyl (C=O) groups excluding carboxylic acids is 1. The number of thioether (sulfide) groups is 1. The first-order valence-electron chi connectivity index (χ1n) is 8.63. The highest BCUT2D eigenvalue weighted by Gasteiger charge is 2.11. The Kier molecular flexibility index (Phi) is 6.96. The van der Waals surface area contributed by atoms with Gasteiger partial charge in [0.05, 0.1) is 6.54 Å². The molecular formula is C20H17F2N3O3S. The molecule has 6 nitrogen and oxygen atoms in total. The monoisotopic (exact) mass is 417 g/mol. The van der Waals surface area contributed by atoms with Gasteiger partial charge in [0, 0.05) is 16.6 Å². The van der Waals surface area contributed by atoms with Crippen LogP contribution < -0.4 is 15.6 Å². The number of nitrogens with one attached hydrogen (secondary N) is 1. The number of ether oxygens (including phenoxy) is 1. The molecule has 2 aromatic carbocycles. The van der Waals surface area contributed by atoms with Crippen molar-refractivity contribution < 1.29 is 18.3 Å². The van der Waals surface area contributed by atoms with Crippen LogP contribution >= 0.6 is 11.8 Å². The van der Waals surface area contributed by atoms with Gasteiger partial charge in [-0.3, -0.25) is 9.59 Å². The zero-order valence-electron chi connectivity index (χ0n) is 15.1. The normalized spacial score (nSPS) is 10.7. The summed E-state index contributed by atoms with van der Waals surface area (Å²) in [7, 11) is 0. The Morgan fingerprint density at radius 2 is 1.79 bits per heavy atom. The van der Waals surface area contributed by atoms with Crippen molar-refractivity contribution >= 4 is 23.4 Å². The fourth-order valence-electron chi connectivity index (χ4n) is 2.41. The number of halogens is 2. The van der Waals surface area contributed by atoms with Crippen molar-refractivity contribution in [2.45, 2.75) is 17.2 Å². The Hall–Kier alpha value is -3.20. The molecule has 0 radical (unpaired) electrons. The van der Waals surface area contributed by atoms with Crippen LogP contribution in [-0.4, -0.2) is 28.1 Å². The highest BCUT2D eigenvalue weighted by atomic mass is 32.2. The van der Waals surface area contributed by atoms with E-state index in [1.54, 1.807) is 12.1 Å². The lowest BCUT2D eigenvalue weighted by molar-refractivity contribution is 0.101. The molecule has 0 saturated carbocycles. The third-order valence-corrected chi connectivity index (χ3v) is 4.47. The molecule has 3 aromatic rings. The van der Waals surface area contributed by atoms with E-state index in [9.17, 15) is 18.4 Å². The van der Waals surface area contributed by atoms with E-state index < -0.39 is 11.7 Å². The van der Waals surface area contributed by atoms with Crippen LogP contribution in [0.15, 0.2) is 76.4 Å². The summed E-state index contributed by atoms with van der Waals surface area (Å²) in [4.78, 5) is 24.8. The largest absolute Gasteiger partial charge is 0.492 e. The summed E-state index contributed by atoms with van der Waals surface area (Å²) in [5, 5.41) is 6.69. The predicted octanol–water partition coefficient (Wildman–Crippen LogP) is 3.89. The minimum atomic E-state index is -2.51. The highest BCUT2D eigenvalue weighted by molar-refractivity contribution is 7.99. The van der Waals surface area contributed by atoms with Crippen molar-refractivity contribution in [3.63, 3.8) is 0 Å². The molecule has 3 rings (SSSR count). The fraction of sp³-hybridized carbons (Fsp3) is 0.150. The maximum absolute atomic E-state index is 12.4. The quantitative estimate of drug-likeness (QED) is 0.563. The Balaban J connectivity index is 1.62. The molecule has 0 fully saturated rings. The number of anilines is 1. The maximum atomic E-state index is 12.4. The SMILES string of the molecule is O=C(Nc1ccc(SC(F)F)cc1)c1ccc(=O)n(CCOc2ccccc2)n1. The minimum Gasteiger partial charge on any atom is -0.492 e. The molecular weight excluding hydrogens is 400 g/mol. The minimum absolute atomic E-state index is 0.0512. The fourth-order valence-corrected chi connectivity index (χ4v) is 2.91. The number of aromatic nitrogens is 2. The summed E-state index contributed by atoms with van der Waals surface area (Å²) in [6.45, 7) is 0.389. The Labute approximate surface area is 169 Å². The van der Waals surface area contributed by atoms with Gasteiger partial charge in [0.1, 0.15) is 18.1 Å². The standard InChI is InChI=1S/C20H17F2N3O3S/c21-20(22)29-16-8-6-14(7-9-16)23-19(27)17-10-11-18(26)25(24-17)12-13-28-15-4-2-1-3-5-15/h1-11,20H,12-13H2,(H,23,27). The van der Waals surface area contributed by atoms with Crippen LogP contribution in [0.5, 0.6) is 5.75 Å². The van der Waals surface area contributed by atoms with Crippen LogP contribution in [0, 0.1) is 0 Å². The molecule has 0 saturated heterocycles. The topological polar surface area (TPSA) is 73.2 Å². The number of hydrogen-bond donors (Lipinski definition) is 1. The third kappa shape index (κ3) is 6.15. The van der Waals surface area contributed by atoms with Crippen LogP contribution in [-0.2, 0) is 6.54 Å². The first kappa shape index (κ1) is 20.5. The van der Waals surface area contributed by atoms with Crippen molar-refractivity contribution in [3.8, 4) is 5.75 Å². The molecule has 0 aliphatic rings. The molecule has 0 bridgehead atoms. The van der Waals surface area contributed by atoms with Crippen molar-refractivity contribution in [2.24, 2.45) is 0 Å². The Morgan fingerprint density at radius 3 is 2.48 bits per heavy atom. The van der Waals surface area contributed by atoms with Crippen molar-refractivity contribution in [3.05, 3.63) is 82.8 Å². The molecule has 0 unspecified atom stereocenters. The third-order valence-electron chi connectivity index (χ3n) is 3.75. The van der Waals surface area contributed by atoms with E-state index in [2.05, 4.69) is 10.4 Å². The first-order valence-corrected chi connectivity index (χ1v) is 9.51. The maximum Gasteiger partial charge on any atom is 0.288 e. The smallest absolute Gasteiger partial charge is 0.288 e. The zero-order chi connectivity index (χ0) is 20.6. The molecule has 150 valence electrons. The van der Waals surface area contributed by atoms with Gasteiger partial charge < -0.3 is 10.1 Å². The van der Waals surface area contributed by atoms with Crippen LogP contribution in [0.2, 0.25) is 0 Å². The van der Waals surface area contributed by atoms with E-state index in [1.165, 1.54) is 36.4 Å². The van der Waals surface area contributed by atoms with Gasteiger partial charge in [-0.2, -0.15) is 13.9 Å². The van der Waals surface area contributed by atoms with Crippen LogP contribution in [0.3, 0.4) is 0 Å². The second kappa shape index (κ2) is 9.83. The summed E-state index contributed by atoms with van der Waals surface area (Å²) < 4.78 is 31.4. The molecule has 1 aromatic heterocycles. The van der Waals surface area contributed by atoms with E-state index >= 15 is 0 Å². The lowest BCUT2D eigenvalue weighted by Gasteiger charge is -2.09. The van der Waals surface area contributed by atoms with Gasteiger partial charge >= 0.3 is 0 Å². The van der Waals surface area contributed by atoms with E-state index in [0.717, 1.165) is 4.68 Å². The van der Waals surface area contributed by atoms with Crippen LogP contribution in [0.1, 0.15) is 10.5 Å². The van der Waals surface area contributed by atoms with E-state index in [0.29, 0.717) is 28.1 Å². The highest BCUT2D eigenvalue weighted by Crippen LogP contribution is 2.26. The predicted molar refractivity (Wildman–Crippen MR) is 107 cm³/mol. The average molecular weight is 417 g/mol. The molecule has 1 amide bonds. The van der Waals surface area contributed by atoms with E-state index in [1.807, 2.05) is 18.2 Å². The number of para-hydroxylation sites is 1. The van der Waals surface area contributed by atoms with Crippen molar-refractivity contribution in [1.82, 2.24) is 9.78 Å². The number of nitrogens with zero attached hydrogens (tertiary/aromatic N) is 2. The second-order valence-electron chi connectivity index (χ2n) is 5.80. The molecule has 0 aliphatic carbocycles. The summed E-state index contributed by atoms with van der Waals surface area (Å²) in [6, 6.07) is 17.7.